The Labute approximate surface area is 116 Å². The van der Waals surface area contributed by atoms with E-state index in [0.29, 0.717) is 31.1 Å². The molecule has 9 heteroatoms. The molecule has 3 rings (SSSR count). The molecule has 0 aliphatic carbocycles. The zero-order valence-corrected chi connectivity index (χ0v) is 11.2. The number of hydrogen-bond donors (Lipinski definition) is 2. The summed E-state index contributed by atoms with van der Waals surface area (Å²) in [7, 11) is 1.76. The van der Waals surface area contributed by atoms with Crippen LogP contribution in [0.3, 0.4) is 0 Å². The van der Waals surface area contributed by atoms with Crippen LogP contribution in [0.25, 0.3) is 5.95 Å². The molecule has 3 heterocycles. The number of aromatic nitrogens is 5. The molecule has 0 spiro atoms. The number of nitrogens with zero attached hydrogens (tertiary/aromatic N) is 6. The summed E-state index contributed by atoms with van der Waals surface area (Å²) < 4.78 is 6.89. The predicted molar refractivity (Wildman–Crippen MR) is 72.5 cm³/mol. The lowest BCUT2D eigenvalue weighted by Gasteiger charge is -2.26. The van der Waals surface area contributed by atoms with E-state index in [-0.39, 0.29) is 0 Å². The van der Waals surface area contributed by atoms with Crippen molar-refractivity contribution in [3.63, 3.8) is 0 Å². The Balaban J connectivity index is 1.84. The van der Waals surface area contributed by atoms with Crippen LogP contribution in [0, 0.1) is 0 Å². The first kappa shape index (κ1) is 12.8. The van der Waals surface area contributed by atoms with E-state index < -0.39 is 0 Å². The maximum absolute atomic E-state index is 5.30. The van der Waals surface area contributed by atoms with Crippen molar-refractivity contribution in [1.82, 2.24) is 29.7 Å². The molecule has 1 fully saturated rings. The van der Waals surface area contributed by atoms with Crippen molar-refractivity contribution < 1.29 is 4.74 Å². The SMILES string of the molecule is CNc1nc(NN2CCOCC2)nc(-n2cccn2)n1. The minimum Gasteiger partial charge on any atom is -0.379 e. The van der Waals surface area contributed by atoms with Crippen LogP contribution in [0.4, 0.5) is 11.9 Å². The van der Waals surface area contributed by atoms with E-state index in [9.17, 15) is 0 Å². The van der Waals surface area contributed by atoms with Crippen molar-refractivity contribution in [2.75, 3.05) is 44.1 Å². The van der Waals surface area contributed by atoms with E-state index in [1.165, 1.54) is 0 Å². The van der Waals surface area contributed by atoms with Crippen LogP contribution < -0.4 is 10.7 Å². The van der Waals surface area contributed by atoms with Gasteiger partial charge in [0, 0.05) is 32.5 Å². The van der Waals surface area contributed by atoms with Gasteiger partial charge in [-0.25, -0.2) is 9.69 Å². The summed E-state index contributed by atoms with van der Waals surface area (Å²) in [5, 5.41) is 9.06. The average molecular weight is 276 g/mol. The van der Waals surface area contributed by atoms with Crippen LogP contribution in [0.5, 0.6) is 0 Å². The number of ether oxygens (including phenoxy) is 1. The zero-order chi connectivity index (χ0) is 13.8. The monoisotopic (exact) mass is 276 g/mol. The summed E-state index contributed by atoms with van der Waals surface area (Å²) >= 11 is 0. The van der Waals surface area contributed by atoms with E-state index in [1.54, 1.807) is 24.1 Å². The van der Waals surface area contributed by atoms with Crippen LogP contribution in [0.2, 0.25) is 0 Å². The third-order valence-electron chi connectivity index (χ3n) is 2.83. The fourth-order valence-corrected chi connectivity index (χ4v) is 1.83. The summed E-state index contributed by atoms with van der Waals surface area (Å²) in [5.74, 6) is 1.43. The van der Waals surface area contributed by atoms with E-state index >= 15 is 0 Å². The lowest BCUT2D eigenvalue weighted by Crippen LogP contribution is -2.40. The third-order valence-corrected chi connectivity index (χ3v) is 2.83. The molecule has 1 aliphatic heterocycles. The summed E-state index contributed by atoms with van der Waals surface area (Å²) in [6.45, 7) is 2.97. The molecule has 20 heavy (non-hydrogen) atoms. The molecule has 2 N–H and O–H groups in total. The van der Waals surface area contributed by atoms with Crippen LogP contribution in [-0.2, 0) is 4.74 Å². The fourth-order valence-electron chi connectivity index (χ4n) is 1.83. The standard InChI is InChI=1S/C11H16N8O/c1-12-9-14-10(17-18-5-7-20-8-6-18)16-11(15-9)19-4-2-3-13-19/h2-4H,5-8H2,1H3,(H2,12,14,15,16,17). The molecule has 9 nitrogen and oxygen atoms in total. The summed E-state index contributed by atoms with van der Waals surface area (Å²) in [5.41, 5.74) is 3.17. The molecule has 2 aromatic rings. The Hall–Kier alpha value is -2.26. The number of hydrazine groups is 1. The topological polar surface area (TPSA) is 93.0 Å². The van der Waals surface area contributed by atoms with Gasteiger partial charge in [-0.15, -0.1) is 0 Å². The van der Waals surface area contributed by atoms with Gasteiger partial charge in [0.15, 0.2) is 0 Å². The van der Waals surface area contributed by atoms with Gasteiger partial charge in [-0.1, -0.05) is 0 Å². The number of morpholine rings is 1. The van der Waals surface area contributed by atoms with Gasteiger partial charge in [0.1, 0.15) is 0 Å². The number of anilines is 2. The lowest BCUT2D eigenvalue weighted by molar-refractivity contribution is 0.0492. The zero-order valence-electron chi connectivity index (χ0n) is 11.2. The van der Waals surface area contributed by atoms with Gasteiger partial charge >= 0.3 is 0 Å². The quantitative estimate of drug-likeness (QED) is 0.790. The highest BCUT2D eigenvalue weighted by molar-refractivity contribution is 5.36. The van der Waals surface area contributed by atoms with Crippen molar-refractivity contribution in [1.29, 1.82) is 0 Å². The normalized spacial score (nSPS) is 16.1. The fraction of sp³-hybridized carbons (Fsp3) is 0.455. The lowest BCUT2D eigenvalue weighted by atomic mass is 10.5. The van der Waals surface area contributed by atoms with E-state index in [4.69, 9.17) is 4.74 Å². The van der Waals surface area contributed by atoms with Crippen molar-refractivity contribution in [2.45, 2.75) is 0 Å². The first-order valence-corrected chi connectivity index (χ1v) is 6.38. The first-order chi connectivity index (χ1) is 9.85. The molecular weight excluding hydrogens is 260 g/mol. The van der Waals surface area contributed by atoms with Gasteiger partial charge in [0.2, 0.25) is 11.9 Å². The second kappa shape index (κ2) is 5.80. The molecule has 0 radical (unpaired) electrons. The van der Waals surface area contributed by atoms with E-state index in [1.807, 2.05) is 11.1 Å². The van der Waals surface area contributed by atoms with Gasteiger partial charge in [-0.3, -0.25) is 5.43 Å². The van der Waals surface area contributed by atoms with E-state index in [0.717, 1.165) is 13.1 Å². The molecule has 0 unspecified atom stereocenters. The second-order valence-corrected chi connectivity index (χ2v) is 4.19. The molecule has 0 atom stereocenters. The van der Waals surface area contributed by atoms with Crippen LogP contribution in [-0.4, -0.2) is 63.1 Å². The predicted octanol–water partition coefficient (Wildman–Crippen LogP) is -0.242. The highest BCUT2D eigenvalue weighted by atomic mass is 16.5. The number of rotatable bonds is 4. The smallest absolute Gasteiger partial charge is 0.257 e. The minimum atomic E-state index is 0.463. The highest BCUT2D eigenvalue weighted by Crippen LogP contribution is 2.09. The Morgan fingerprint density at radius 3 is 2.65 bits per heavy atom. The van der Waals surface area contributed by atoms with E-state index in [2.05, 4.69) is 30.8 Å². The largest absolute Gasteiger partial charge is 0.379 e. The van der Waals surface area contributed by atoms with Crippen LogP contribution in [0.15, 0.2) is 18.5 Å². The Morgan fingerprint density at radius 1 is 1.15 bits per heavy atom. The van der Waals surface area contributed by atoms with Crippen molar-refractivity contribution in [3.05, 3.63) is 18.5 Å². The summed E-state index contributed by atoms with van der Waals surface area (Å²) in [4.78, 5) is 12.9. The Bertz CT molecular complexity index is 552. The van der Waals surface area contributed by atoms with Gasteiger partial charge in [0.25, 0.3) is 5.95 Å². The third kappa shape index (κ3) is 2.83. The molecule has 0 aromatic carbocycles. The molecule has 1 saturated heterocycles. The van der Waals surface area contributed by atoms with Crippen molar-refractivity contribution in [2.24, 2.45) is 0 Å². The van der Waals surface area contributed by atoms with Gasteiger partial charge < -0.3 is 10.1 Å². The molecule has 0 saturated carbocycles. The maximum Gasteiger partial charge on any atom is 0.257 e. The Kier molecular flexibility index (Phi) is 3.70. The molecule has 0 amide bonds. The summed E-state index contributed by atoms with van der Waals surface area (Å²) in [6, 6.07) is 1.82. The molecular formula is C11H16N8O. The number of nitrogens with one attached hydrogen (secondary N) is 2. The van der Waals surface area contributed by atoms with Crippen molar-refractivity contribution in [3.8, 4) is 5.95 Å². The molecule has 106 valence electrons. The van der Waals surface area contributed by atoms with Crippen molar-refractivity contribution >= 4 is 11.9 Å². The van der Waals surface area contributed by atoms with Gasteiger partial charge in [-0.2, -0.15) is 20.1 Å². The Morgan fingerprint density at radius 2 is 1.95 bits per heavy atom. The maximum atomic E-state index is 5.30. The molecule has 1 aliphatic rings. The number of hydrogen-bond acceptors (Lipinski definition) is 8. The second-order valence-electron chi connectivity index (χ2n) is 4.19. The van der Waals surface area contributed by atoms with Gasteiger partial charge in [-0.05, 0) is 6.07 Å². The minimum absolute atomic E-state index is 0.463. The molecule has 0 bridgehead atoms. The summed E-state index contributed by atoms with van der Waals surface area (Å²) in [6.07, 6.45) is 3.46. The molecule has 2 aromatic heterocycles. The van der Waals surface area contributed by atoms with Gasteiger partial charge in [0.05, 0.1) is 13.2 Å². The average Bonchev–Trinajstić information content (AvgIpc) is 3.02. The van der Waals surface area contributed by atoms with Crippen LogP contribution in [0.1, 0.15) is 0 Å². The highest BCUT2D eigenvalue weighted by Gasteiger charge is 2.13. The first-order valence-electron chi connectivity index (χ1n) is 6.38. The van der Waals surface area contributed by atoms with Crippen LogP contribution >= 0.6 is 0 Å².